The predicted molar refractivity (Wildman–Crippen MR) is 72.6 cm³/mol. The predicted octanol–water partition coefficient (Wildman–Crippen LogP) is 4.27. The molecule has 1 fully saturated rings. The number of benzene rings is 1. The molecule has 116 valence electrons. The smallest absolute Gasteiger partial charge is 0.197 e. The SMILES string of the molecule is CCOC1(C(=O)c2ccc(F)c(F)c2F)CCC(C)CC1. The summed E-state index contributed by atoms with van der Waals surface area (Å²) in [6, 6.07) is 1.77. The maximum absolute atomic E-state index is 13.9. The van der Waals surface area contributed by atoms with Crippen molar-refractivity contribution in [3.8, 4) is 0 Å². The van der Waals surface area contributed by atoms with E-state index < -0.39 is 34.4 Å². The van der Waals surface area contributed by atoms with Gasteiger partial charge in [-0.1, -0.05) is 6.92 Å². The first kappa shape index (κ1) is 16.0. The van der Waals surface area contributed by atoms with Crippen molar-refractivity contribution in [2.75, 3.05) is 6.61 Å². The minimum absolute atomic E-state index is 0.311. The average molecular weight is 300 g/mol. The van der Waals surface area contributed by atoms with Crippen LogP contribution in [0.3, 0.4) is 0 Å². The molecule has 1 aliphatic rings. The highest BCUT2D eigenvalue weighted by molar-refractivity contribution is 6.02. The van der Waals surface area contributed by atoms with Gasteiger partial charge in [-0.3, -0.25) is 4.79 Å². The topological polar surface area (TPSA) is 26.3 Å². The van der Waals surface area contributed by atoms with Crippen molar-refractivity contribution in [2.45, 2.75) is 45.1 Å². The first-order valence-corrected chi connectivity index (χ1v) is 7.23. The molecule has 0 bridgehead atoms. The van der Waals surface area contributed by atoms with Crippen LogP contribution in [0.2, 0.25) is 0 Å². The second-order valence-corrected chi connectivity index (χ2v) is 5.66. The van der Waals surface area contributed by atoms with Crippen LogP contribution < -0.4 is 0 Å². The summed E-state index contributed by atoms with van der Waals surface area (Å²) in [7, 11) is 0. The first-order valence-electron chi connectivity index (χ1n) is 7.23. The molecule has 1 aromatic rings. The van der Waals surface area contributed by atoms with E-state index in [4.69, 9.17) is 4.74 Å². The van der Waals surface area contributed by atoms with Crippen LogP contribution in [-0.4, -0.2) is 18.0 Å². The second kappa shape index (κ2) is 6.18. The Labute approximate surface area is 122 Å². The lowest BCUT2D eigenvalue weighted by atomic mass is 9.75. The molecule has 1 aliphatic carbocycles. The Kier molecular flexibility index (Phi) is 4.71. The summed E-state index contributed by atoms with van der Waals surface area (Å²) in [4.78, 5) is 12.6. The zero-order chi connectivity index (χ0) is 15.6. The number of carbonyl (C=O) groups excluding carboxylic acids is 1. The van der Waals surface area contributed by atoms with Crippen molar-refractivity contribution < 1.29 is 22.7 Å². The average Bonchev–Trinajstić information content (AvgIpc) is 2.47. The number of rotatable bonds is 4. The fourth-order valence-corrected chi connectivity index (χ4v) is 2.89. The Balaban J connectivity index is 2.38. The molecule has 1 aromatic carbocycles. The van der Waals surface area contributed by atoms with Crippen LogP contribution in [-0.2, 0) is 4.74 Å². The van der Waals surface area contributed by atoms with Gasteiger partial charge in [0, 0.05) is 6.61 Å². The van der Waals surface area contributed by atoms with Crippen molar-refractivity contribution in [3.05, 3.63) is 35.1 Å². The lowest BCUT2D eigenvalue weighted by Crippen LogP contribution is -2.45. The largest absolute Gasteiger partial charge is 0.367 e. The Bertz CT molecular complexity index is 535. The highest BCUT2D eigenvalue weighted by Gasteiger charge is 2.43. The van der Waals surface area contributed by atoms with Crippen LogP contribution in [0, 0.1) is 23.4 Å². The molecule has 0 saturated heterocycles. The molecule has 2 nitrogen and oxygen atoms in total. The third-order valence-electron chi connectivity index (χ3n) is 4.20. The Morgan fingerprint density at radius 2 is 1.86 bits per heavy atom. The molecular formula is C16H19F3O2. The number of hydrogen-bond acceptors (Lipinski definition) is 2. The molecule has 5 heteroatoms. The van der Waals surface area contributed by atoms with Gasteiger partial charge in [-0.25, -0.2) is 13.2 Å². The maximum atomic E-state index is 13.9. The number of Topliss-reactive ketones (excluding diaryl/α,β-unsaturated/α-hetero) is 1. The normalized spacial score (nSPS) is 25.9. The van der Waals surface area contributed by atoms with Gasteiger partial charge in [0.1, 0.15) is 5.60 Å². The van der Waals surface area contributed by atoms with Crippen LogP contribution in [0.15, 0.2) is 12.1 Å². The van der Waals surface area contributed by atoms with Crippen molar-refractivity contribution in [1.82, 2.24) is 0 Å². The van der Waals surface area contributed by atoms with Crippen LogP contribution in [0.25, 0.3) is 0 Å². The molecule has 0 heterocycles. The zero-order valence-corrected chi connectivity index (χ0v) is 12.2. The standard InChI is InChI=1S/C16H19F3O2/c1-3-21-16(8-6-10(2)7-9-16)15(20)11-4-5-12(17)14(19)13(11)18/h4-5,10H,3,6-9H2,1-2H3. The van der Waals surface area contributed by atoms with Gasteiger partial charge in [-0.2, -0.15) is 0 Å². The molecule has 0 radical (unpaired) electrons. The van der Waals surface area contributed by atoms with Gasteiger partial charge < -0.3 is 4.74 Å². The van der Waals surface area contributed by atoms with Crippen LogP contribution in [0.4, 0.5) is 13.2 Å². The molecule has 0 unspecified atom stereocenters. The number of carbonyl (C=O) groups is 1. The highest BCUT2D eigenvalue weighted by atomic mass is 19.2. The van der Waals surface area contributed by atoms with E-state index in [0.29, 0.717) is 25.4 Å². The van der Waals surface area contributed by atoms with Crippen LogP contribution >= 0.6 is 0 Å². The second-order valence-electron chi connectivity index (χ2n) is 5.66. The molecule has 0 atom stereocenters. The van der Waals surface area contributed by atoms with Crippen molar-refractivity contribution in [2.24, 2.45) is 5.92 Å². The van der Waals surface area contributed by atoms with Crippen LogP contribution in [0.5, 0.6) is 0 Å². The molecule has 0 amide bonds. The van der Waals surface area contributed by atoms with E-state index in [1.165, 1.54) is 0 Å². The third-order valence-corrected chi connectivity index (χ3v) is 4.20. The number of hydrogen-bond donors (Lipinski definition) is 0. The van der Waals surface area contributed by atoms with E-state index in [1.54, 1.807) is 6.92 Å². The van der Waals surface area contributed by atoms with Gasteiger partial charge in [0.2, 0.25) is 0 Å². The summed E-state index contributed by atoms with van der Waals surface area (Å²) in [6.07, 6.45) is 2.52. The molecule has 0 spiro atoms. The monoisotopic (exact) mass is 300 g/mol. The summed E-state index contributed by atoms with van der Waals surface area (Å²) >= 11 is 0. The quantitative estimate of drug-likeness (QED) is 0.613. The van der Waals surface area contributed by atoms with E-state index in [0.717, 1.165) is 25.0 Å². The zero-order valence-electron chi connectivity index (χ0n) is 12.2. The molecule has 1 saturated carbocycles. The summed E-state index contributed by atoms with van der Waals surface area (Å²) in [5, 5.41) is 0. The summed E-state index contributed by atoms with van der Waals surface area (Å²) in [5.41, 5.74) is -1.55. The Hall–Kier alpha value is -1.36. The van der Waals surface area contributed by atoms with Crippen molar-refractivity contribution in [3.63, 3.8) is 0 Å². The summed E-state index contributed by atoms with van der Waals surface area (Å²) in [6.45, 7) is 4.15. The van der Waals surface area contributed by atoms with Crippen molar-refractivity contribution in [1.29, 1.82) is 0 Å². The lowest BCUT2D eigenvalue weighted by molar-refractivity contribution is -0.0476. The third kappa shape index (κ3) is 2.98. The van der Waals surface area contributed by atoms with Crippen molar-refractivity contribution >= 4 is 5.78 Å². The molecule has 0 N–H and O–H groups in total. The van der Waals surface area contributed by atoms with E-state index in [9.17, 15) is 18.0 Å². The number of ketones is 1. The van der Waals surface area contributed by atoms with Gasteiger partial charge in [0.15, 0.2) is 23.2 Å². The van der Waals surface area contributed by atoms with E-state index in [-0.39, 0.29) is 0 Å². The molecule has 21 heavy (non-hydrogen) atoms. The fourth-order valence-electron chi connectivity index (χ4n) is 2.89. The molecule has 2 rings (SSSR count). The highest BCUT2D eigenvalue weighted by Crippen LogP contribution is 2.38. The lowest BCUT2D eigenvalue weighted by Gasteiger charge is -2.37. The van der Waals surface area contributed by atoms with E-state index in [2.05, 4.69) is 6.92 Å². The fraction of sp³-hybridized carbons (Fsp3) is 0.562. The van der Waals surface area contributed by atoms with Gasteiger partial charge >= 0.3 is 0 Å². The maximum Gasteiger partial charge on any atom is 0.197 e. The number of ether oxygens (including phenoxy) is 1. The molecule has 0 aromatic heterocycles. The summed E-state index contributed by atoms with van der Waals surface area (Å²) < 4.78 is 45.8. The van der Waals surface area contributed by atoms with Crippen LogP contribution in [0.1, 0.15) is 49.9 Å². The summed E-state index contributed by atoms with van der Waals surface area (Å²) in [5.74, 6) is -4.46. The molecular weight excluding hydrogens is 281 g/mol. The molecule has 0 aliphatic heterocycles. The van der Waals surface area contributed by atoms with Gasteiger partial charge in [-0.05, 0) is 50.7 Å². The van der Waals surface area contributed by atoms with E-state index >= 15 is 0 Å². The van der Waals surface area contributed by atoms with Gasteiger partial charge in [0.25, 0.3) is 0 Å². The minimum atomic E-state index is -1.61. The Morgan fingerprint density at radius 3 is 2.43 bits per heavy atom. The van der Waals surface area contributed by atoms with Gasteiger partial charge in [0.05, 0.1) is 5.56 Å². The minimum Gasteiger partial charge on any atom is -0.367 e. The van der Waals surface area contributed by atoms with Gasteiger partial charge in [-0.15, -0.1) is 0 Å². The first-order chi connectivity index (χ1) is 9.91. The van der Waals surface area contributed by atoms with E-state index in [1.807, 2.05) is 0 Å². The Morgan fingerprint density at radius 1 is 1.24 bits per heavy atom. The number of halogens is 3.